The van der Waals surface area contributed by atoms with Crippen molar-refractivity contribution in [2.24, 2.45) is 0 Å². The summed E-state index contributed by atoms with van der Waals surface area (Å²) in [6.45, 7) is 6.74. The Morgan fingerprint density at radius 2 is 1.94 bits per heavy atom. The van der Waals surface area contributed by atoms with Crippen LogP contribution in [0.1, 0.15) is 6.92 Å². The Hall–Kier alpha value is -1.70. The monoisotopic (exact) mass is 215 g/mol. The van der Waals surface area contributed by atoms with Crippen LogP contribution in [0.3, 0.4) is 0 Å². The Bertz CT molecular complexity index is 477. The van der Waals surface area contributed by atoms with Crippen molar-refractivity contribution in [2.75, 3.05) is 13.2 Å². The number of hydrogen-bond acceptors (Lipinski definition) is 2. The minimum atomic E-state index is 0.416. The van der Waals surface area contributed by atoms with Gasteiger partial charge in [-0.1, -0.05) is 24.3 Å². The fourth-order valence-electron chi connectivity index (χ4n) is 1.73. The van der Waals surface area contributed by atoms with Gasteiger partial charge in [-0.15, -0.1) is 0 Å². The van der Waals surface area contributed by atoms with Crippen molar-refractivity contribution in [1.82, 2.24) is 0 Å². The summed E-state index contributed by atoms with van der Waals surface area (Å²) in [6, 6.07) is 12.0. The second kappa shape index (κ2) is 4.88. The normalized spacial score (nSPS) is 10.4. The zero-order chi connectivity index (χ0) is 11.4. The quantitative estimate of drug-likeness (QED) is 0.777. The van der Waals surface area contributed by atoms with E-state index < -0.39 is 0 Å². The molecule has 0 N–H and O–H groups in total. The maximum Gasteiger partial charge on any atom is 0.130 e. The molecule has 1 radical (unpaired) electrons. The molecule has 0 aliphatic carbocycles. The van der Waals surface area contributed by atoms with E-state index in [2.05, 4.69) is 6.92 Å². The van der Waals surface area contributed by atoms with E-state index in [4.69, 9.17) is 9.47 Å². The van der Waals surface area contributed by atoms with Crippen LogP contribution in [0.4, 0.5) is 0 Å². The van der Waals surface area contributed by atoms with Gasteiger partial charge in [0.25, 0.3) is 0 Å². The molecule has 0 saturated heterocycles. The first-order valence-corrected chi connectivity index (χ1v) is 5.42. The van der Waals surface area contributed by atoms with Crippen molar-refractivity contribution in [3.63, 3.8) is 0 Å². The highest BCUT2D eigenvalue weighted by molar-refractivity contribution is 5.89. The van der Waals surface area contributed by atoms with Crippen LogP contribution < -0.4 is 9.47 Å². The summed E-state index contributed by atoms with van der Waals surface area (Å²) >= 11 is 0. The lowest BCUT2D eigenvalue weighted by Gasteiger charge is -2.10. The second-order valence-electron chi connectivity index (χ2n) is 3.42. The molecule has 0 aliphatic heterocycles. The van der Waals surface area contributed by atoms with Crippen LogP contribution in [0.5, 0.6) is 11.5 Å². The molecule has 2 rings (SSSR count). The first kappa shape index (κ1) is 10.8. The van der Waals surface area contributed by atoms with Gasteiger partial charge in [-0.2, -0.15) is 0 Å². The largest absolute Gasteiger partial charge is 0.494 e. The average Bonchev–Trinajstić information content (AvgIpc) is 2.30. The summed E-state index contributed by atoms with van der Waals surface area (Å²) < 4.78 is 11.0. The third-order valence-electron chi connectivity index (χ3n) is 2.37. The van der Waals surface area contributed by atoms with E-state index in [0.29, 0.717) is 13.2 Å². The summed E-state index contributed by atoms with van der Waals surface area (Å²) in [7, 11) is 0. The number of rotatable bonds is 4. The predicted molar refractivity (Wildman–Crippen MR) is 66.0 cm³/mol. The van der Waals surface area contributed by atoms with E-state index in [9.17, 15) is 0 Å². The van der Waals surface area contributed by atoms with Crippen LogP contribution in [-0.4, -0.2) is 13.2 Å². The third-order valence-corrected chi connectivity index (χ3v) is 2.37. The van der Waals surface area contributed by atoms with Crippen molar-refractivity contribution in [2.45, 2.75) is 6.92 Å². The molecular weight excluding hydrogens is 200 g/mol. The Morgan fingerprint density at radius 3 is 2.69 bits per heavy atom. The van der Waals surface area contributed by atoms with E-state index in [1.807, 2.05) is 43.3 Å². The molecule has 0 aromatic heterocycles. The standard InChI is InChI=1S/C14H15O2/c1-3-15-12-9-11-7-5-6-8-13(11)14(10-12)16-4-2/h5-10H,2-4H2,1H3. The molecule has 0 aliphatic rings. The summed E-state index contributed by atoms with van der Waals surface area (Å²) in [6.07, 6.45) is 0. The van der Waals surface area contributed by atoms with Crippen molar-refractivity contribution >= 4 is 10.8 Å². The SMILES string of the molecule is [CH2]COc1cc(OCC)cc2ccccc12. The molecule has 0 unspecified atom stereocenters. The second-order valence-corrected chi connectivity index (χ2v) is 3.42. The van der Waals surface area contributed by atoms with Crippen molar-refractivity contribution in [1.29, 1.82) is 0 Å². The maximum absolute atomic E-state index is 5.52. The Morgan fingerprint density at radius 1 is 1.12 bits per heavy atom. The van der Waals surface area contributed by atoms with Gasteiger partial charge in [-0.25, -0.2) is 0 Å². The zero-order valence-corrected chi connectivity index (χ0v) is 9.40. The molecule has 16 heavy (non-hydrogen) atoms. The minimum absolute atomic E-state index is 0.416. The van der Waals surface area contributed by atoms with Gasteiger partial charge < -0.3 is 9.47 Å². The summed E-state index contributed by atoms with van der Waals surface area (Å²) in [5, 5.41) is 2.21. The van der Waals surface area contributed by atoms with Crippen molar-refractivity contribution in [3.05, 3.63) is 43.3 Å². The lowest BCUT2D eigenvalue weighted by atomic mass is 10.1. The van der Waals surface area contributed by atoms with Gasteiger partial charge in [0.15, 0.2) is 0 Å². The van der Waals surface area contributed by atoms with E-state index in [1.54, 1.807) is 0 Å². The molecule has 0 atom stereocenters. The van der Waals surface area contributed by atoms with Gasteiger partial charge in [0.05, 0.1) is 13.2 Å². The molecule has 2 aromatic carbocycles. The van der Waals surface area contributed by atoms with Gasteiger partial charge in [-0.05, 0) is 25.3 Å². The molecule has 0 heterocycles. The van der Waals surface area contributed by atoms with E-state index >= 15 is 0 Å². The molecule has 2 aromatic rings. The van der Waals surface area contributed by atoms with Gasteiger partial charge in [0, 0.05) is 11.5 Å². The number of ether oxygens (including phenoxy) is 2. The van der Waals surface area contributed by atoms with Crippen molar-refractivity contribution in [3.8, 4) is 11.5 Å². The molecule has 83 valence electrons. The van der Waals surface area contributed by atoms with Crippen LogP contribution in [-0.2, 0) is 0 Å². The molecule has 0 bridgehead atoms. The fourth-order valence-corrected chi connectivity index (χ4v) is 1.73. The number of hydrogen-bond donors (Lipinski definition) is 0. The average molecular weight is 215 g/mol. The van der Waals surface area contributed by atoms with E-state index in [0.717, 1.165) is 22.3 Å². The van der Waals surface area contributed by atoms with Gasteiger partial charge in [0.2, 0.25) is 0 Å². The summed E-state index contributed by atoms with van der Waals surface area (Å²) in [5.74, 6) is 1.67. The van der Waals surface area contributed by atoms with E-state index in [1.165, 1.54) is 0 Å². The van der Waals surface area contributed by atoms with Crippen LogP contribution in [0, 0.1) is 6.92 Å². The van der Waals surface area contributed by atoms with Crippen molar-refractivity contribution < 1.29 is 9.47 Å². The van der Waals surface area contributed by atoms with Gasteiger partial charge in [0.1, 0.15) is 11.5 Å². The highest BCUT2D eigenvalue weighted by Crippen LogP contribution is 2.31. The summed E-state index contributed by atoms with van der Waals surface area (Å²) in [4.78, 5) is 0. The fraction of sp³-hybridized carbons (Fsp3) is 0.214. The van der Waals surface area contributed by atoms with Crippen LogP contribution in [0.25, 0.3) is 10.8 Å². The lowest BCUT2D eigenvalue weighted by Crippen LogP contribution is -1.96. The molecule has 0 amide bonds. The molecule has 0 saturated carbocycles. The predicted octanol–water partition coefficient (Wildman–Crippen LogP) is 3.45. The highest BCUT2D eigenvalue weighted by Gasteiger charge is 2.04. The number of benzene rings is 2. The van der Waals surface area contributed by atoms with Gasteiger partial charge >= 0.3 is 0 Å². The highest BCUT2D eigenvalue weighted by atomic mass is 16.5. The third kappa shape index (κ3) is 2.11. The first-order chi connectivity index (χ1) is 7.85. The topological polar surface area (TPSA) is 18.5 Å². The summed E-state index contributed by atoms with van der Waals surface area (Å²) in [5.41, 5.74) is 0. The zero-order valence-electron chi connectivity index (χ0n) is 9.40. The van der Waals surface area contributed by atoms with Crippen LogP contribution >= 0.6 is 0 Å². The molecular formula is C14H15O2. The Balaban J connectivity index is 2.54. The van der Waals surface area contributed by atoms with Crippen LogP contribution in [0.15, 0.2) is 36.4 Å². The first-order valence-electron chi connectivity index (χ1n) is 5.42. The molecule has 2 nitrogen and oxygen atoms in total. The number of fused-ring (bicyclic) bond motifs is 1. The smallest absolute Gasteiger partial charge is 0.130 e. The lowest BCUT2D eigenvalue weighted by molar-refractivity contribution is 0.332. The van der Waals surface area contributed by atoms with Crippen LogP contribution in [0.2, 0.25) is 0 Å². The Labute approximate surface area is 95.8 Å². The van der Waals surface area contributed by atoms with E-state index in [-0.39, 0.29) is 0 Å². The molecule has 0 fully saturated rings. The van der Waals surface area contributed by atoms with Gasteiger partial charge in [-0.3, -0.25) is 0 Å². The molecule has 0 spiro atoms. The Kier molecular flexibility index (Phi) is 3.30. The maximum atomic E-state index is 5.52. The minimum Gasteiger partial charge on any atom is -0.494 e. The molecule has 2 heteroatoms.